The van der Waals surface area contributed by atoms with Crippen LogP contribution in [0.15, 0.2) is 47.4 Å². The molecule has 0 aliphatic heterocycles. The van der Waals surface area contributed by atoms with E-state index in [2.05, 4.69) is 15.3 Å². The van der Waals surface area contributed by atoms with Crippen molar-refractivity contribution in [2.75, 3.05) is 0 Å². The average Bonchev–Trinajstić information content (AvgIpc) is 2.51. The van der Waals surface area contributed by atoms with Crippen molar-refractivity contribution < 1.29 is 9.90 Å². The molecule has 0 unspecified atom stereocenters. The van der Waals surface area contributed by atoms with Crippen molar-refractivity contribution in [1.82, 2.24) is 20.0 Å². The van der Waals surface area contributed by atoms with E-state index in [1.165, 1.54) is 16.9 Å². The molecule has 0 fully saturated rings. The van der Waals surface area contributed by atoms with E-state index in [-0.39, 0.29) is 17.7 Å². The lowest BCUT2D eigenvalue weighted by Gasteiger charge is -2.04. The number of fused-ring (bicyclic) bond motifs is 1. The van der Waals surface area contributed by atoms with Gasteiger partial charge >= 0.3 is 5.97 Å². The maximum absolute atomic E-state index is 12.2. The van der Waals surface area contributed by atoms with Gasteiger partial charge < -0.3 is 5.11 Å². The molecule has 0 atom stereocenters. The SMILES string of the molecule is O=C(O)c1ccc(Cn2nnc3ccccc3c2=O)nc1. The molecule has 0 saturated carbocycles. The molecule has 104 valence electrons. The van der Waals surface area contributed by atoms with Crippen LogP contribution in [0.3, 0.4) is 0 Å². The quantitative estimate of drug-likeness (QED) is 0.767. The summed E-state index contributed by atoms with van der Waals surface area (Å²) in [6, 6.07) is 9.93. The lowest BCUT2D eigenvalue weighted by atomic mass is 10.2. The fourth-order valence-electron chi connectivity index (χ4n) is 1.92. The van der Waals surface area contributed by atoms with Crippen molar-refractivity contribution in [2.24, 2.45) is 0 Å². The van der Waals surface area contributed by atoms with Crippen LogP contribution in [0.4, 0.5) is 0 Å². The average molecular weight is 282 g/mol. The summed E-state index contributed by atoms with van der Waals surface area (Å²) in [6.07, 6.45) is 1.25. The molecule has 7 nitrogen and oxygen atoms in total. The molecule has 0 amide bonds. The molecule has 0 radical (unpaired) electrons. The Morgan fingerprint density at radius 1 is 1.19 bits per heavy atom. The molecule has 21 heavy (non-hydrogen) atoms. The molecule has 3 aromatic rings. The van der Waals surface area contributed by atoms with Crippen LogP contribution in [0.1, 0.15) is 16.1 Å². The number of carboxylic acids is 1. The predicted octanol–water partition coefficient (Wildman–Crippen LogP) is 0.933. The summed E-state index contributed by atoms with van der Waals surface area (Å²) in [5.41, 5.74) is 0.903. The molecule has 2 aromatic heterocycles. The first-order valence-electron chi connectivity index (χ1n) is 6.16. The number of rotatable bonds is 3. The lowest BCUT2D eigenvalue weighted by Crippen LogP contribution is -2.25. The van der Waals surface area contributed by atoms with Crippen molar-refractivity contribution in [3.63, 3.8) is 0 Å². The highest BCUT2D eigenvalue weighted by molar-refractivity contribution is 5.87. The number of hydrogen-bond acceptors (Lipinski definition) is 5. The summed E-state index contributed by atoms with van der Waals surface area (Å²) in [5.74, 6) is -1.04. The molecule has 7 heteroatoms. The van der Waals surface area contributed by atoms with Crippen LogP contribution >= 0.6 is 0 Å². The Balaban J connectivity index is 1.96. The first-order chi connectivity index (χ1) is 10.1. The number of hydrogen-bond donors (Lipinski definition) is 1. The molecule has 2 heterocycles. The van der Waals surface area contributed by atoms with Gasteiger partial charge in [0.05, 0.1) is 23.2 Å². The molecule has 0 bridgehead atoms. The fraction of sp³-hybridized carbons (Fsp3) is 0.0714. The van der Waals surface area contributed by atoms with Gasteiger partial charge in [0.2, 0.25) is 0 Å². The minimum atomic E-state index is -1.04. The zero-order valence-corrected chi connectivity index (χ0v) is 10.8. The van der Waals surface area contributed by atoms with Crippen LogP contribution in [0, 0.1) is 0 Å². The van der Waals surface area contributed by atoms with Crippen molar-refractivity contribution in [3.05, 3.63) is 64.2 Å². The summed E-state index contributed by atoms with van der Waals surface area (Å²) in [5, 5.41) is 17.1. The predicted molar refractivity (Wildman–Crippen MR) is 74.1 cm³/mol. The molecule has 0 aliphatic carbocycles. The first kappa shape index (κ1) is 12.9. The van der Waals surface area contributed by atoms with Crippen LogP contribution < -0.4 is 5.56 Å². The Kier molecular flexibility index (Phi) is 3.15. The van der Waals surface area contributed by atoms with Gasteiger partial charge in [0.1, 0.15) is 5.52 Å². The first-order valence-corrected chi connectivity index (χ1v) is 6.16. The summed E-state index contributed by atoms with van der Waals surface area (Å²) in [7, 11) is 0. The second-order valence-corrected chi connectivity index (χ2v) is 4.41. The number of pyridine rings is 1. The summed E-state index contributed by atoms with van der Waals surface area (Å²) in [4.78, 5) is 27.0. The normalized spacial score (nSPS) is 10.7. The molecule has 0 saturated heterocycles. The maximum Gasteiger partial charge on any atom is 0.337 e. The van der Waals surface area contributed by atoms with Crippen LogP contribution in [-0.2, 0) is 6.54 Å². The zero-order chi connectivity index (χ0) is 14.8. The highest BCUT2D eigenvalue weighted by atomic mass is 16.4. The second-order valence-electron chi connectivity index (χ2n) is 4.41. The topological polar surface area (TPSA) is 98.0 Å². The van der Waals surface area contributed by atoms with E-state index < -0.39 is 5.97 Å². The maximum atomic E-state index is 12.2. The molecular weight excluding hydrogens is 272 g/mol. The van der Waals surface area contributed by atoms with E-state index in [1.807, 2.05) is 0 Å². The van der Waals surface area contributed by atoms with Crippen LogP contribution in [0.2, 0.25) is 0 Å². The van der Waals surface area contributed by atoms with Crippen LogP contribution in [0.5, 0.6) is 0 Å². The number of carbonyl (C=O) groups is 1. The van der Waals surface area contributed by atoms with E-state index in [0.717, 1.165) is 0 Å². The Hall–Kier alpha value is -3.09. The Bertz CT molecular complexity index is 871. The Labute approximate surface area is 118 Å². The summed E-state index contributed by atoms with van der Waals surface area (Å²) >= 11 is 0. The van der Waals surface area contributed by atoms with Gasteiger partial charge in [-0.2, -0.15) is 0 Å². The van der Waals surface area contributed by atoms with E-state index in [4.69, 9.17) is 5.11 Å². The van der Waals surface area contributed by atoms with Gasteiger partial charge in [0, 0.05) is 6.20 Å². The molecule has 0 spiro atoms. The fourth-order valence-corrected chi connectivity index (χ4v) is 1.92. The minimum absolute atomic E-state index is 0.0932. The van der Waals surface area contributed by atoms with Gasteiger partial charge in [-0.15, -0.1) is 5.10 Å². The number of aromatic carboxylic acids is 1. The monoisotopic (exact) mass is 282 g/mol. The van der Waals surface area contributed by atoms with E-state index in [9.17, 15) is 9.59 Å². The number of nitrogens with zero attached hydrogens (tertiary/aromatic N) is 4. The Morgan fingerprint density at radius 2 is 2.00 bits per heavy atom. The van der Waals surface area contributed by atoms with Gasteiger partial charge in [0.15, 0.2) is 0 Å². The highest BCUT2D eigenvalue weighted by Gasteiger charge is 2.07. The van der Waals surface area contributed by atoms with Crippen molar-refractivity contribution in [3.8, 4) is 0 Å². The lowest BCUT2D eigenvalue weighted by molar-refractivity contribution is 0.0696. The van der Waals surface area contributed by atoms with Gasteiger partial charge in [-0.25, -0.2) is 9.48 Å². The molecule has 3 rings (SSSR count). The molecule has 1 aromatic carbocycles. The van der Waals surface area contributed by atoms with Gasteiger partial charge in [-0.05, 0) is 24.3 Å². The largest absolute Gasteiger partial charge is 0.478 e. The third kappa shape index (κ3) is 2.48. The number of aromatic nitrogens is 4. The van der Waals surface area contributed by atoms with Gasteiger partial charge in [0.25, 0.3) is 5.56 Å². The minimum Gasteiger partial charge on any atom is -0.478 e. The van der Waals surface area contributed by atoms with Crippen molar-refractivity contribution in [1.29, 1.82) is 0 Å². The van der Waals surface area contributed by atoms with Crippen molar-refractivity contribution in [2.45, 2.75) is 6.54 Å². The number of benzene rings is 1. The Morgan fingerprint density at radius 3 is 2.71 bits per heavy atom. The van der Waals surface area contributed by atoms with E-state index in [0.29, 0.717) is 16.6 Å². The van der Waals surface area contributed by atoms with E-state index >= 15 is 0 Å². The molecule has 0 aliphatic rings. The standard InChI is InChI=1S/C14H10N4O3/c19-13-11-3-1-2-4-12(11)16-17-18(13)8-10-6-5-9(7-15-10)14(20)21/h1-7H,8H2,(H,20,21). The molecule has 1 N–H and O–H groups in total. The summed E-state index contributed by atoms with van der Waals surface area (Å²) < 4.78 is 1.20. The van der Waals surface area contributed by atoms with Gasteiger partial charge in [-0.3, -0.25) is 9.78 Å². The van der Waals surface area contributed by atoms with Gasteiger partial charge in [-0.1, -0.05) is 17.3 Å². The highest BCUT2D eigenvalue weighted by Crippen LogP contribution is 2.05. The third-order valence-corrected chi connectivity index (χ3v) is 3.01. The smallest absolute Gasteiger partial charge is 0.337 e. The third-order valence-electron chi connectivity index (χ3n) is 3.01. The second kappa shape index (κ2) is 5.12. The van der Waals surface area contributed by atoms with Crippen LogP contribution in [0.25, 0.3) is 10.9 Å². The summed E-state index contributed by atoms with van der Waals surface area (Å²) in [6.45, 7) is 0.135. The number of carboxylic acid groups (broad SMARTS) is 1. The van der Waals surface area contributed by atoms with Crippen molar-refractivity contribution >= 4 is 16.9 Å². The molecular formula is C14H10N4O3. The van der Waals surface area contributed by atoms with Crippen LogP contribution in [-0.4, -0.2) is 31.1 Å². The van der Waals surface area contributed by atoms with E-state index in [1.54, 1.807) is 30.3 Å². The zero-order valence-electron chi connectivity index (χ0n) is 10.8.